The Morgan fingerprint density at radius 1 is 0.562 bits per heavy atom. The lowest BCUT2D eigenvalue weighted by atomic mass is 10.2. The highest BCUT2D eigenvalue weighted by Crippen LogP contribution is 2.06. The van der Waals surface area contributed by atoms with Gasteiger partial charge in [0.2, 0.25) is 0 Å². The Hall–Kier alpha value is -4.16. The summed E-state index contributed by atoms with van der Waals surface area (Å²) in [5, 5.41) is 8.03. The first-order chi connectivity index (χ1) is 15.3. The van der Waals surface area contributed by atoms with Crippen molar-refractivity contribution in [1.82, 2.24) is 0 Å². The molecule has 12 heteroatoms. The second-order valence-corrected chi connectivity index (χ2v) is 5.97. The Labute approximate surface area is 181 Å². The average Bonchev–Trinajstić information content (AvgIpc) is 2.77. The van der Waals surface area contributed by atoms with Gasteiger partial charge in [0.25, 0.3) is 0 Å². The maximum absolute atomic E-state index is 11.6. The number of ether oxygens (including phenoxy) is 2. The summed E-state index contributed by atoms with van der Waals surface area (Å²) < 4.78 is 8.94. The van der Waals surface area contributed by atoms with E-state index in [1.807, 2.05) is 13.8 Å². The van der Waals surface area contributed by atoms with Gasteiger partial charge in [0.1, 0.15) is 13.2 Å². The molecular weight excluding hydrogens is 432 g/mol. The first-order valence-electron chi connectivity index (χ1n) is 8.93. The molecule has 2 aromatic rings. The molecule has 0 radical (unpaired) electrons. The van der Waals surface area contributed by atoms with Crippen LogP contribution in [0, 0.1) is 13.8 Å². The second-order valence-electron chi connectivity index (χ2n) is 5.97. The van der Waals surface area contributed by atoms with E-state index in [4.69, 9.17) is 0 Å². The van der Waals surface area contributed by atoms with Gasteiger partial charge in [-0.25, -0.2) is 29.0 Å². The van der Waals surface area contributed by atoms with Crippen LogP contribution in [0.15, 0.2) is 48.5 Å². The number of rotatable bonds is 9. The molecule has 0 heterocycles. The number of hydrogen-bond donors (Lipinski definition) is 0. The average molecular weight is 450 g/mol. The van der Waals surface area contributed by atoms with E-state index in [1.165, 1.54) is 24.3 Å². The number of carbonyl (C=O) groups is 4. The summed E-state index contributed by atoms with van der Waals surface area (Å²) in [5.74, 6) is -1.79. The van der Waals surface area contributed by atoms with Crippen molar-refractivity contribution in [2.75, 3.05) is 13.2 Å². The summed E-state index contributed by atoms with van der Waals surface area (Å²) in [6, 6.07) is 12.7. The molecule has 0 aliphatic heterocycles. The molecule has 0 spiro atoms. The fourth-order valence-electron chi connectivity index (χ4n) is 1.93. The molecule has 0 atom stereocenters. The topological polar surface area (TPSA) is 142 Å². The highest BCUT2D eigenvalue weighted by molar-refractivity contribution is 5.89. The molecule has 0 saturated heterocycles. The van der Waals surface area contributed by atoms with E-state index >= 15 is 0 Å². The molecule has 0 aliphatic rings. The Kier molecular flexibility index (Phi) is 9.43. The predicted molar refractivity (Wildman–Crippen MR) is 100 cm³/mol. The van der Waals surface area contributed by atoms with Crippen LogP contribution in [-0.2, 0) is 39.1 Å². The summed E-state index contributed by atoms with van der Waals surface area (Å²) in [6.45, 7) is 2.74. The molecular formula is C20H18O12. The SMILES string of the molecule is Cc1ccc(C(=O)OOOC(=O)OCCOC(=O)OOOC(=O)c2ccc(C)cc2)cc1. The third kappa shape index (κ3) is 8.69. The first kappa shape index (κ1) is 24.1. The van der Waals surface area contributed by atoms with Gasteiger partial charge in [0.15, 0.2) is 0 Å². The Balaban J connectivity index is 1.51. The van der Waals surface area contributed by atoms with Gasteiger partial charge in [-0.15, -0.1) is 0 Å². The summed E-state index contributed by atoms with van der Waals surface area (Å²) >= 11 is 0. The number of benzene rings is 2. The van der Waals surface area contributed by atoms with E-state index in [0.717, 1.165) is 11.1 Å². The van der Waals surface area contributed by atoms with E-state index in [2.05, 4.69) is 39.1 Å². The molecule has 32 heavy (non-hydrogen) atoms. The van der Waals surface area contributed by atoms with Crippen molar-refractivity contribution in [3.63, 3.8) is 0 Å². The van der Waals surface area contributed by atoms with Crippen LogP contribution in [0.5, 0.6) is 0 Å². The minimum atomic E-state index is -1.37. The Bertz CT molecular complexity index is 843. The molecule has 2 aromatic carbocycles. The molecule has 12 nitrogen and oxygen atoms in total. The summed E-state index contributed by atoms with van der Waals surface area (Å²) in [5.41, 5.74) is 2.21. The van der Waals surface area contributed by atoms with Gasteiger partial charge in [0, 0.05) is 0 Å². The van der Waals surface area contributed by atoms with Crippen LogP contribution in [0.2, 0.25) is 0 Å². The lowest BCUT2D eigenvalue weighted by molar-refractivity contribution is -0.453. The fraction of sp³-hybridized carbons (Fsp3) is 0.200. The molecule has 0 saturated carbocycles. The minimum absolute atomic E-state index is 0.172. The van der Waals surface area contributed by atoms with Crippen molar-refractivity contribution in [2.24, 2.45) is 0 Å². The van der Waals surface area contributed by atoms with Crippen LogP contribution in [-0.4, -0.2) is 37.5 Å². The van der Waals surface area contributed by atoms with Crippen LogP contribution in [0.3, 0.4) is 0 Å². The van der Waals surface area contributed by atoms with Crippen molar-refractivity contribution >= 4 is 24.2 Å². The quantitative estimate of drug-likeness (QED) is 0.239. The Morgan fingerprint density at radius 2 is 0.906 bits per heavy atom. The van der Waals surface area contributed by atoms with Gasteiger partial charge in [0.05, 0.1) is 21.2 Å². The third-order valence-electron chi connectivity index (χ3n) is 3.52. The molecule has 170 valence electrons. The summed E-state index contributed by atoms with van der Waals surface area (Å²) in [4.78, 5) is 62.3. The zero-order chi connectivity index (χ0) is 23.3. The van der Waals surface area contributed by atoms with Crippen molar-refractivity contribution in [2.45, 2.75) is 13.8 Å². The van der Waals surface area contributed by atoms with Crippen molar-refractivity contribution < 1.29 is 58.3 Å². The third-order valence-corrected chi connectivity index (χ3v) is 3.52. The molecule has 0 N–H and O–H groups in total. The molecule has 0 aromatic heterocycles. The van der Waals surface area contributed by atoms with Crippen LogP contribution in [0.1, 0.15) is 31.8 Å². The smallest absolute Gasteiger partial charge is 0.429 e. The van der Waals surface area contributed by atoms with Gasteiger partial charge >= 0.3 is 24.2 Å². The number of carbonyl (C=O) groups excluding carboxylic acids is 4. The van der Waals surface area contributed by atoms with Crippen molar-refractivity contribution in [3.05, 3.63) is 70.8 Å². The van der Waals surface area contributed by atoms with E-state index in [9.17, 15) is 19.2 Å². The van der Waals surface area contributed by atoms with Crippen molar-refractivity contribution in [3.8, 4) is 0 Å². The summed E-state index contributed by atoms with van der Waals surface area (Å²) in [6.07, 6.45) is -2.75. The Morgan fingerprint density at radius 3 is 1.25 bits per heavy atom. The molecule has 0 aliphatic carbocycles. The van der Waals surface area contributed by atoms with E-state index < -0.39 is 37.5 Å². The van der Waals surface area contributed by atoms with Crippen molar-refractivity contribution in [1.29, 1.82) is 0 Å². The summed E-state index contributed by atoms with van der Waals surface area (Å²) in [7, 11) is 0. The lowest BCUT2D eigenvalue weighted by Gasteiger charge is -2.05. The zero-order valence-corrected chi connectivity index (χ0v) is 16.9. The van der Waals surface area contributed by atoms with E-state index in [-0.39, 0.29) is 11.1 Å². The molecule has 0 bridgehead atoms. The maximum atomic E-state index is 11.6. The monoisotopic (exact) mass is 450 g/mol. The van der Waals surface area contributed by atoms with Crippen LogP contribution >= 0.6 is 0 Å². The molecule has 0 amide bonds. The number of hydrogen-bond acceptors (Lipinski definition) is 12. The molecule has 2 rings (SSSR count). The lowest BCUT2D eigenvalue weighted by Crippen LogP contribution is -2.17. The van der Waals surface area contributed by atoms with Gasteiger partial charge in [-0.1, -0.05) is 35.4 Å². The van der Waals surface area contributed by atoms with Gasteiger partial charge in [-0.05, 0) is 38.1 Å². The highest BCUT2D eigenvalue weighted by atomic mass is 17.5. The second kappa shape index (κ2) is 12.5. The molecule has 0 fully saturated rings. The van der Waals surface area contributed by atoms with E-state index in [0.29, 0.717) is 0 Å². The standard InChI is InChI=1S/C20H18O12/c1-13-3-7-15(8-4-13)17(21)27-31-29-19(23)25-11-12-26-20(24)30-32-28-18(22)16-9-5-14(2)6-10-16/h3-10H,11-12H2,1-2H3. The van der Waals surface area contributed by atoms with Gasteiger partial charge in [-0.2, -0.15) is 0 Å². The predicted octanol–water partition coefficient (Wildman–Crippen LogP) is 3.32. The zero-order valence-electron chi connectivity index (χ0n) is 16.9. The number of aryl methyl sites for hydroxylation is 2. The van der Waals surface area contributed by atoms with Crippen LogP contribution in [0.25, 0.3) is 0 Å². The van der Waals surface area contributed by atoms with Gasteiger partial charge < -0.3 is 9.47 Å². The maximum Gasteiger partial charge on any atom is 0.543 e. The van der Waals surface area contributed by atoms with Crippen LogP contribution in [0.4, 0.5) is 9.59 Å². The van der Waals surface area contributed by atoms with E-state index in [1.54, 1.807) is 24.3 Å². The molecule has 0 unspecified atom stereocenters. The normalized spacial score (nSPS) is 9.94. The fourth-order valence-corrected chi connectivity index (χ4v) is 1.93. The van der Waals surface area contributed by atoms with Gasteiger partial charge in [-0.3, -0.25) is 9.78 Å². The largest absolute Gasteiger partial charge is 0.543 e. The van der Waals surface area contributed by atoms with Crippen LogP contribution < -0.4 is 0 Å². The highest BCUT2D eigenvalue weighted by Gasteiger charge is 2.14. The first-order valence-corrected chi connectivity index (χ1v) is 8.93. The minimum Gasteiger partial charge on any atom is -0.429 e.